The third-order valence-electron chi connectivity index (χ3n) is 5.87. The van der Waals surface area contributed by atoms with Gasteiger partial charge < -0.3 is 15.1 Å². The van der Waals surface area contributed by atoms with Crippen LogP contribution in [0.5, 0.6) is 0 Å². The Hall–Kier alpha value is -1.66. The molecule has 0 radical (unpaired) electrons. The fourth-order valence-corrected chi connectivity index (χ4v) is 5.71. The first-order chi connectivity index (χ1) is 12.9. The van der Waals surface area contributed by atoms with Crippen molar-refractivity contribution in [2.24, 2.45) is 5.92 Å². The van der Waals surface area contributed by atoms with Gasteiger partial charge in [-0.15, -0.1) is 11.3 Å². The number of rotatable bonds is 5. The number of nitrogens with zero attached hydrogens (tertiary/aromatic N) is 3. The van der Waals surface area contributed by atoms with E-state index in [1.807, 2.05) is 12.3 Å². The molecule has 1 amide bonds. The van der Waals surface area contributed by atoms with Gasteiger partial charge >= 0.3 is 0 Å². The first-order valence-electron chi connectivity index (χ1n) is 10.1. The Kier molecular flexibility index (Phi) is 5.12. The Bertz CT molecular complexity index is 811. The van der Waals surface area contributed by atoms with Crippen LogP contribution in [-0.2, 0) is 0 Å². The van der Waals surface area contributed by atoms with Crippen molar-refractivity contribution < 1.29 is 4.79 Å². The Morgan fingerprint density at radius 3 is 2.78 bits per heavy atom. The van der Waals surface area contributed by atoms with E-state index in [9.17, 15) is 4.79 Å². The van der Waals surface area contributed by atoms with Gasteiger partial charge in [-0.25, -0.2) is 4.98 Å². The van der Waals surface area contributed by atoms with Crippen molar-refractivity contribution in [2.45, 2.75) is 58.7 Å². The molecule has 0 aliphatic carbocycles. The van der Waals surface area contributed by atoms with Crippen LogP contribution >= 0.6 is 11.3 Å². The van der Waals surface area contributed by atoms with Crippen molar-refractivity contribution >= 4 is 33.0 Å². The number of piperidine rings is 1. The normalized spacial score (nSPS) is 24.7. The third kappa shape index (κ3) is 3.69. The second-order valence-corrected chi connectivity index (χ2v) is 9.51. The highest BCUT2D eigenvalue weighted by molar-refractivity contribution is 7.17. The largest absolute Gasteiger partial charge is 0.366 e. The summed E-state index contributed by atoms with van der Waals surface area (Å²) in [5.41, 5.74) is 1.74. The van der Waals surface area contributed by atoms with E-state index in [1.54, 1.807) is 11.3 Å². The van der Waals surface area contributed by atoms with E-state index in [0.29, 0.717) is 17.8 Å². The minimum absolute atomic E-state index is 0.0396. The molecule has 5 nitrogen and oxygen atoms in total. The quantitative estimate of drug-likeness (QED) is 0.850. The van der Waals surface area contributed by atoms with Crippen LogP contribution in [0.2, 0.25) is 0 Å². The SMILES string of the molecule is CC(C)N(c1csc2cnc(C(=O)NC3CC4CCN(C4)C3)cc12)C(C)C. The molecule has 4 rings (SSSR count). The van der Waals surface area contributed by atoms with E-state index in [2.05, 4.69) is 53.2 Å². The van der Waals surface area contributed by atoms with Gasteiger partial charge in [-0.3, -0.25) is 4.79 Å². The molecule has 2 aliphatic rings. The second kappa shape index (κ2) is 7.40. The molecule has 2 aromatic heterocycles. The molecule has 146 valence electrons. The van der Waals surface area contributed by atoms with Gasteiger partial charge in [-0.05, 0) is 59.1 Å². The van der Waals surface area contributed by atoms with Crippen molar-refractivity contribution in [3.05, 3.63) is 23.3 Å². The van der Waals surface area contributed by atoms with Gasteiger partial charge in [0.1, 0.15) is 5.69 Å². The second-order valence-electron chi connectivity index (χ2n) is 8.60. The van der Waals surface area contributed by atoms with Gasteiger partial charge in [0.25, 0.3) is 5.91 Å². The molecule has 2 aliphatic heterocycles. The summed E-state index contributed by atoms with van der Waals surface area (Å²) in [6, 6.07) is 3.03. The Morgan fingerprint density at radius 2 is 2.07 bits per heavy atom. The fourth-order valence-electron chi connectivity index (χ4n) is 4.82. The summed E-state index contributed by atoms with van der Waals surface area (Å²) >= 11 is 1.70. The number of fused-ring (bicyclic) bond motifs is 3. The van der Waals surface area contributed by atoms with Crippen LogP contribution in [0.25, 0.3) is 10.1 Å². The number of amides is 1. The van der Waals surface area contributed by atoms with Crippen LogP contribution in [0.3, 0.4) is 0 Å². The van der Waals surface area contributed by atoms with Gasteiger partial charge in [0.2, 0.25) is 0 Å². The number of anilines is 1. The zero-order valence-electron chi connectivity index (χ0n) is 16.7. The maximum atomic E-state index is 12.9. The van der Waals surface area contributed by atoms with Crippen LogP contribution in [-0.4, -0.2) is 53.6 Å². The number of nitrogens with one attached hydrogen (secondary N) is 1. The lowest BCUT2D eigenvalue weighted by Gasteiger charge is -2.32. The first-order valence-corrected chi connectivity index (χ1v) is 11.0. The van der Waals surface area contributed by atoms with Crippen LogP contribution in [0, 0.1) is 5.92 Å². The molecule has 0 spiro atoms. The molecule has 2 bridgehead atoms. The van der Waals surface area contributed by atoms with Crippen molar-refractivity contribution in [1.29, 1.82) is 0 Å². The summed E-state index contributed by atoms with van der Waals surface area (Å²) in [6.45, 7) is 12.2. The Labute approximate surface area is 165 Å². The maximum Gasteiger partial charge on any atom is 0.270 e. The van der Waals surface area contributed by atoms with Gasteiger partial charge in [0, 0.05) is 48.2 Å². The van der Waals surface area contributed by atoms with Gasteiger partial charge in [0.05, 0.1) is 10.4 Å². The molecule has 3 atom stereocenters. The van der Waals surface area contributed by atoms with Crippen LogP contribution in [0.1, 0.15) is 51.0 Å². The molecular weight excluding hydrogens is 356 g/mol. The average molecular weight is 387 g/mol. The summed E-state index contributed by atoms with van der Waals surface area (Å²) in [4.78, 5) is 22.2. The summed E-state index contributed by atoms with van der Waals surface area (Å²) < 4.78 is 1.13. The van der Waals surface area contributed by atoms with Crippen LogP contribution < -0.4 is 10.2 Å². The Balaban J connectivity index is 1.57. The van der Waals surface area contributed by atoms with E-state index >= 15 is 0 Å². The number of hydrogen-bond acceptors (Lipinski definition) is 5. The highest BCUT2D eigenvalue weighted by Gasteiger charge is 2.33. The lowest BCUT2D eigenvalue weighted by molar-refractivity contribution is 0.0904. The Morgan fingerprint density at radius 1 is 1.30 bits per heavy atom. The van der Waals surface area contributed by atoms with Gasteiger partial charge in [-0.1, -0.05) is 0 Å². The highest BCUT2D eigenvalue weighted by Crippen LogP contribution is 2.35. The van der Waals surface area contributed by atoms with Gasteiger partial charge in [0.15, 0.2) is 0 Å². The minimum atomic E-state index is -0.0396. The van der Waals surface area contributed by atoms with E-state index in [1.165, 1.54) is 25.2 Å². The molecule has 4 heterocycles. The molecule has 2 aromatic rings. The third-order valence-corrected chi connectivity index (χ3v) is 6.79. The van der Waals surface area contributed by atoms with Crippen molar-refractivity contribution in [2.75, 3.05) is 24.5 Å². The lowest BCUT2D eigenvalue weighted by Crippen LogP contribution is -2.47. The first kappa shape index (κ1) is 18.7. The van der Waals surface area contributed by atoms with E-state index in [-0.39, 0.29) is 11.9 Å². The summed E-state index contributed by atoms with van der Waals surface area (Å²) in [6.07, 6.45) is 4.23. The number of aromatic nitrogens is 1. The highest BCUT2D eigenvalue weighted by atomic mass is 32.1. The molecule has 2 fully saturated rings. The van der Waals surface area contributed by atoms with Crippen molar-refractivity contribution in [1.82, 2.24) is 15.2 Å². The number of thiophene rings is 1. The molecule has 0 aromatic carbocycles. The predicted molar refractivity (Wildman–Crippen MR) is 113 cm³/mol. The standard InChI is InChI=1S/C21H30N4OS/c1-13(2)25(14(3)4)19-12-27-20-9-22-18(8-17(19)20)21(26)23-16-7-15-5-6-24(10-15)11-16/h8-9,12-16H,5-7,10-11H2,1-4H3,(H,23,26). The van der Waals surface area contributed by atoms with E-state index in [0.717, 1.165) is 29.0 Å². The smallest absolute Gasteiger partial charge is 0.270 e. The van der Waals surface area contributed by atoms with Crippen molar-refractivity contribution in [3.63, 3.8) is 0 Å². The predicted octanol–water partition coefficient (Wildman–Crippen LogP) is 3.74. The molecule has 1 N–H and O–H groups in total. The fraction of sp³-hybridized carbons (Fsp3) is 0.619. The summed E-state index contributed by atoms with van der Waals surface area (Å²) in [5, 5.41) is 6.56. The van der Waals surface area contributed by atoms with Gasteiger partial charge in [-0.2, -0.15) is 0 Å². The van der Waals surface area contributed by atoms with E-state index in [4.69, 9.17) is 0 Å². The lowest BCUT2D eigenvalue weighted by atomic mass is 9.97. The molecule has 2 saturated heterocycles. The van der Waals surface area contributed by atoms with Crippen LogP contribution in [0.4, 0.5) is 5.69 Å². The maximum absolute atomic E-state index is 12.9. The number of hydrogen-bond donors (Lipinski definition) is 1. The molecule has 27 heavy (non-hydrogen) atoms. The number of pyridine rings is 1. The average Bonchev–Trinajstić information content (AvgIpc) is 3.17. The molecule has 3 unspecified atom stereocenters. The zero-order valence-corrected chi connectivity index (χ0v) is 17.6. The summed E-state index contributed by atoms with van der Waals surface area (Å²) in [5.74, 6) is 0.704. The zero-order chi connectivity index (χ0) is 19.1. The van der Waals surface area contributed by atoms with Crippen LogP contribution in [0.15, 0.2) is 17.6 Å². The monoisotopic (exact) mass is 386 g/mol. The van der Waals surface area contributed by atoms with E-state index < -0.39 is 0 Å². The topological polar surface area (TPSA) is 48.5 Å². The molecule has 6 heteroatoms. The molecule has 0 saturated carbocycles. The molecular formula is C21H30N4OS. The number of carbonyl (C=O) groups excluding carboxylic acids is 1. The summed E-state index contributed by atoms with van der Waals surface area (Å²) in [7, 11) is 0. The number of carbonyl (C=O) groups is 1. The van der Waals surface area contributed by atoms with Crippen molar-refractivity contribution in [3.8, 4) is 0 Å². The minimum Gasteiger partial charge on any atom is -0.366 e.